The fourth-order valence-electron chi connectivity index (χ4n) is 2.38. The molecule has 0 atom stereocenters. The van der Waals surface area contributed by atoms with Gasteiger partial charge in [-0.25, -0.2) is 8.42 Å². The minimum Gasteiger partial charge on any atom is -0.454 e. The molecule has 25 heavy (non-hydrogen) atoms. The normalized spacial score (nSPS) is 13.8. The molecule has 3 rings (SSSR count). The Bertz CT molecular complexity index is 957. The van der Waals surface area contributed by atoms with Crippen LogP contribution in [0.4, 0.5) is 5.69 Å². The van der Waals surface area contributed by atoms with Gasteiger partial charge in [-0.3, -0.25) is 4.79 Å². The molecule has 2 aromatic carbocycles. The Kier molecular flexibility index (Phi) is 4.49. The molecule has 0 aliphatic carbocycles. The van der Waals surface area contributed by atoms with Crippen molar-refractivity contribution in [3.63, 3.8) is 0 Å². The molecule has 0 spiro atoms. The predicted octanol–water partition coefficient (Wildman–Crippen LogP) is 3.73. The van der Waals surface area contributed by atoms with Gasteiger partial charge in [0, 0.05) is 18.1 Å². The van der Waals surface area contributed by atoms with E-state index in [9.17, 15) is 13.2 Å². The summed E-state index contributed by atoms with van der Waals surface area (Å²) in [6.45, 7) is 3.55. The summed E-state index contributed by atoms with van der Waals surface area (Å²) in [6.07, 6.45) is 0. The highest BCUT2D eigenvalue weighted by Gasteiger charge is 2.27. The Morgan fingerprint density at radius 1 is 1.12 bits per heavy atom. The van der Waals surface area contributed by atoms with Crippen LogP contribution < -0.4 is 10.1 Å². The molecule has 0 saturated carbocycles. The number of carbonyl (C=O) groups excluding carboxylic acids is 1. The number of benzene rings is 2. The third-order valence-corrected chi connectivity index (χ3v) is 6.27. The number of hydrogen-bond donors (Lipinski definition) is 1. The van der Waals surface area contributed by atoms with Crippen molar-refractivity contribution in [2.45, 2.75) is 24.8 Å². The fourth-order valence-corrected chi connectivity index (χ4v) is 3.94. The number of ether oxygens (including phenoxy) is 1. The number of rotatable bonds is 3. The minimum atomic E-state index is -3.70. The van der Waals surface area contributed by atoms with Crippen molar-refractivity contribution >= 4 is 33.2 Å². The first-order chi connectivity index (χ1) is 11.7. The van der Waals surface area contributed by atoms with Crippen LogP contribution in [0.15, 0.2) is 41.3 Å². The van der Waals surface area contributed by atoms with Gasteiger partial charge in [0.1, 0.15) is 5.75 Å². The van der Waals surface area contributed by atoms with Gasteiger partial charge in [0.05, 0.1) is 16.1 Å². The first kappa shape index (κ1) is 17.7. The molecule has 1 aliphatic heterocycles. The van der Waals surface area contributed by atoms with Crippen LogP contribution >= 0.6 is 11.6 Å². The predicted molar refractivity (Wildman–Crippen MR) is 96.0 cm³/mol. The smallest absolute Gasteiger partial charge is 0.259 e. The molecule has 0 unspecified atom stereocenters. The number of nitrogens with one attached hydrogen (secondary N) is 1. The van der Waals surface area contributed by atoms with Crippen molar-refractivity contribution in [3.05, 3.63) is 47.0 Å². The lowest BCUT2D eigenvalue weighted by molar-refractivity contribution is 0.102. The second-order valence-corrected chi connectivity index (χ2v) is 8.40. The summed E-state index contributed by atoms with van der Waals surface area (Å²) in [7, 11) is -2.20. The van der Waals surface area contributed by atoms with Gasteiger partial charge in [0.25, 0.3) is 5.91 Å². The summed E-state index contributed by atoms with van der Waals surface area (Å²) in [5, 5.41) is 3.15. The monoisotopic (exact) mass is 380 g/mol. The zero-order valence-electron chi connectivity index (χ0n) is 13.9. The van der Waals surface area contributed by atoms with E-state index in [1.807, 2.05) is 0 Å². The standard InChI is InChI=1S/C17H17ClN2O4S/c1-10(2)20(3)25(22,23)12-5-7-15-13(9-12)17(21)19-14-8-11(18)4-6-16(14)24-15/h4-10H,1-3H3,(H,19,21). The quantitative estimate of drug-likeness (QED) is 0.880. The maximum absolute atomic E-state index is 12.7. The van der Waals surface area contributed by atoms with E-state index in [4.69, 9.17) is 16.3 Å². The van der Waals surface area contributed by atoms with Crippen molar-refractivity contribution < 1.29 is 17.9 Å². The zero-order valence-corrected chi connectivity index (χ0v) is 15.5. The number of amides is 1. The van der Waals surface area contributed by atoms with Crippen molar-refractivity contribution in [2.75, 3.05) is 12.4 Å². The van der Waals surface area contributed by atoms with Gasteiger partial charge in [-0.1, -0.05) is 11.6 Å². The molecular weight excluding hydrogens is 364 g/mol. The van der Waals surface area contributed by atoms with Gasteiger partial charge >= 0.3 is 0 Å². The van der Waals surface area contributed by atoms with Crippen LogP contribution in [0.1, 0.15) is 24.2 Å². The van der Waals surface area contributed by atoms with E-state index >= 15 is 0 Å². The van der Waals surface area contributed by atoms with E-state index < -0.39 is 15.9 Å². The summed E-state index contributed by atoms with van der Waals surface area (Å²) in [4.78, 5) is 12.6. The molecule has 0 radical (unpaired) electrons. The van der Waals surface area contributed by atoms with Gasteiger partial charge in [0.2, 0.25) is 10.0 Å². The Morgan fingerprint density at radius 2 is 1.80 bits per heavy atom. The highest BCUT2D eigenvalue weighted by molar-refractivity contribution is 7.89. The molecule has 0 fully saturated rings. The van der Waals surface area contributed by atoms with Gasteiger partial charge in [-0.05, 0) is 50.2 Å². The molecular formula is C17H17ClN2O4S. The maximum Gasteiger partial charge on any atom is 0.259 e. The number of fused-ring (bicyclic) bond motifs is 2. The second-order valence-electron chi connectivity index (χ2n) is 5.97. The van der Waals surface area contributed by atoms with Crippen molar-refractivity contribution in [1.82, 2.24) is 4.31 Å². The minimum absolute atomic E-state index is 0.0326. The molecule has 8 heteroatoms. The SMILES string of the molecule is CC(C)N(C)S(=O)(=O)c1ccc2c(c1)C(=O)Nc1cc(Cl)ccc1O2. The Balaban J connectivity index is 2.07. The van der Waals surface area contributed by atoms with Crippen molar-refractivity contribution in [1.29, 1.82) is 0 Å². The van der Waals surface area contributed by atoms with Gasteiger partial charge < -0.3 is 10.1 Å². The fraction of sp³-hybridized carbons (Fsp3) is 0.235. The molecule has 1 amide bonds. The summed E-state index contributed by atoms with van der Waals surface area (Å²) in [5.74, 6) is 0.261. The van der Waals surface area contributed by atoms with Crippen LogP contribution in [0.2, 0.25) is 5.02 Å². The molecule has 1 N–H and O–H groups in total. The topological polar surface area (TPSA) is 75.7 Å². The molecule has 1 heterocycles. The maximum atomic E-state index is 12.7. The lowest BCUT2D eigenvalue weighted by Gasteiger charge is -2.21. The van der Waals surface area contributed by atoms with Crippen LogP contribution in [0.25, 0.3) is 0 Å². The molecule has 0 saturated heterocycles. The third-order valence-electron chi connectivity index (χ3n) is 4.01. The third kappa shape index (κ3) is 3.22. The zero-order chi connectivity index (χ0) is 18.4. The number of hydrogen-bond acceptors (Lipinski definition) is 4. The van der Waals surface area contributed by atoms with E-state index in [1.165, 1.54) is 29.6 Å². The van der Waals surface area contributed by atoms with Gasteiger partial charge in [-0.2, -0.15) is 4.31 Å². The van der Waals surface area contributed by atoms with Gasteiger partial charge in [-0.15, -0.1) is 0 Å². The van der Waals surface area contributed by atoms with Crippen molar-refractivity contribution in [3.8, 4) is 11.5 Å². The van der Waals surface area contributed by atoms with Crippen molar-refractivity contribution in [2.24, 2.45) is 0 Å². The highest BCUT2D eigenvalue weighted by atomic mass is 35.5. The van der Waals surface area contributed by atoms with Crippen LogP contribution in [0, 0.1) is 0 Å². The lowest BCUT2D eigenvalue weighted by Crippen LogP contribution is -2.33. The number of carbonyl (C=O) groups is 1. The summed E-state index contributed by atoms with van der Waals surface area (Å²) in [5.41, 5.74) is 0.572. The molecule has 1 aliphatic rings. The van der Waals surface area contributed by atoms with Crippen LogP contribution in [-0.2, 0) is 10.0 Å². The Hall–Kier alpha value is -2.09. The number of halogens is 1. The van der Waals surface area contributed by atoms with Crippen LogP contribution in [0.3, 0.4) is 0 Å². The highest BCUT2D eigenvalue weighted by Crippen LogP contribution is 2.38. The van der Waals surface area contributed by atoms with Crippen LogP contribution in [-0.4, -0.2) is 31.7 Å². The molecule has 2 aromatic rings. The first-order valence-electron chi connectivity index (χ1n) is 7.61. The average molecular weight is 381 g/mol. The molecule has 0 aromatic heterocycles. The largest absolute Gasteiger partial charge is 0.454 e. The molecule has 0 bridgehead atoms. The Labute approximate surface area is 151 Å². The molecule has 132 valence electrons. The van der Waals surface area contributed by atoms with E-state index in [2.05, 4.69) is 5.32 Å². The summed E-state index contributed by atoms with van der Waals surface area (Å²) >= 11 is 5.95. The summed E-state index contributed by atoms with van der Waals surface area (Å²) in [6, 6.07) is 8.90. The second kappa shape index (κ2) is 6.33. The van der Waals surface area contributed by atoms with E-state index in [1.54, 1.807) is 32.0 Å². The lowest BCUT2D eigenvalue weighted by atomic mass is 10.2. The Morgan fingerprint density at radius 3 is 2.48 bits per heavy atom. The molecule has 6 nitrogen and oxygen atoms in total. The number of anilines is 1. The summed E-state index contributed by atoms with van der Waals surface area (Å²) < 4.78 is 32.3. The van der Waals surface area contributed by atoms with E-state index in [-0.39, 0.29) is 22.3 Å². The average Bonchev–Trinajstić information content (AvgIpc) is 2.69. The first-order valence-corrected chi connectivity index (χ1v) is 9.43. The number of sulfonamides is 1. The van der Waals surface area contributed by atoms with Gasteiger partial charge in [0.15, 0.2) is 5.75 Å². The number of nitrogens with zero attached hydrogens (tertiary/aromatic N) is 1. The van der Waals surface area contributed by atoms with E-state index in [0.29, 0.717) is 16.5 Å². The van der Waals surface area contributed by atoms with Crippen LogP contribution in [0.5, 0.6) is 11.5 Å². The van der Waals surface area contributed by atoms with E-state index in [0.717, 1.165) is 0 Å².